The highest BCUT2D eigenvalue weighted by molar-refractivity contribution is 5.60. The summed E-state index contributed by atoms with van der Waals surface area (Å²) in [6, 6.07) is 10.8. The van der Waals surface area contributed by atoms with Crippen molar-refractivity contribution in [3.8, 4) is 0 Å². The van der Waals surface area contributed by atoms with Crippen LogP contribution < -0.4 is 4.90 Å². The van der Waals surface area contributed by atoms with E-state index >= 15 is 0 Å². The molecule has 5 heteroatoms. The molecule has 2 rings (SSSR count). The number of hydrogen-bond acceptors (Lipinski definition) is 5. The Hall–Kier alpha value is -1.75. The fourth-order valence-electron chi connectivity index (χ4n) is 2.08. The van der Waals surface area contributed by atoms with Crippen LogP contribution in [0.15, 0.2) is 24.3 Å². The number of nitrogens with zero attached hydrogens (tertiary/aromatic N) is 1. The zero-order chi connectivity index (χ0) is 15.3. The first-order valence-electron chi connectivity index (χ1n) is 7.12. The van der Waals surface area contributed by atoms with Gasteiger partial charge in [0.1, 0.15) is 18.3 Å². The van der Waals surface area contributed by atoms with Crippen LogP contribution in [-0.4, -0.2) is 44.2 Å². The van der Waals surface area contributed by atoms with E-state index in [1.165, 1.54) is 0 Å². The predicted molar refractivity (Wildman–Crippen MR) is 79.4 cm³/mol. The molecule has 115 valence electrons. The highest BCUT2D eigenvalue weighted by Crippen LogP contribution is 2.17. The standard InChI is InChI=1S/C16H22NO4/c1-16(2,3)21-15(18)20-12-14-11-17(9-10-19-14)13-7-5-4-6-8-13/h5-8,14H,9-12H2,1-3H3/t14-/m1/s1. The number of hydrogen-bond donors (Lipinski definition) is 0. The van der Waals surface area contributed by atoms with Crippen molar-refractivity contribution in [3.05, 3.63) is 30.3 Å². The van der Waals surface area contributed by atoms with Gasteiger partial charge in [0.15, 0.2) is 0 Å². The number of rotatable bonds is 3. The van der Waals surface area contributed by atoms with E-state index in [4.69, 9.17) is 14.2 Å². The molecule has 5 nitrogen and oxygen atoms in total. The Kier molecular flexibility index (Phi) is 5.07. The van der Waals surface area contributed by atoms with Gasteiger partial charge in [-0.3, -0.25) is 0 Å². The second kappa shape index (κ2) is 6.80. The molecule has 1 radical (unpaired) electrons. The lowest BCUT2D eigenvalue weighted by Crippen LogP contribution is -2.45. The SMILES string of the molecule is CC(C)(C)OC(=O)OC[C@H]1CN(c2cc[c]cc2)CCO1. The topological polar surface area (TPSA) is 48.0 Å². The molecule has 0 aliphatic carbocycles. The molecule has 1 aromatic carbocycles. The molecule has 21 heavy (non-hydrogen) atoms. The van der Waals surface area contributed by atoms with Crippen molar-refractivity contribution < 1.29 is 19.0 Å². The number of carbonyl (C=O) groups is 1. The number of carbonyl (C=O) groups excluding carboxylic acids is 1. The first-order valence-corrected chi connectivity index (χ1v) is 7.12. The van der Waals surface area contributed by atoms with E-state index in [1.807, 2.05) is 24.3 Å². The van der Waals surface area contributed by atoms with E-state index < -0.39 is 11.8 Å². The molecule has 0 N–H and O–H groups in total. The Balaban J connectivity index is 1.81. The van der Waals surface area contributed by atoms with Crippen LogP contribution in [0.3, 0.4) is 0 Å². The van der Waals surface area contributed by atoms with Crippen molar-refractivity contribution in [1.29, 1.82) is 0 Å². The highest BCUT2D eigenvalue weighted by atomic mass is 16.7. The van der Waals surface area contributed by atoms with E-state index in [-0.39, 0.29) is 12.7 Å². The second-order valence-corrected chi connectivity index (χ2v) is 5.97. The summed E-state index contributed by atoms with van der Waals surface area (Å²) < 4.78 is 15.9. The Labute approximate surface area is 125 Å². The Morgan fingerprint density at radius 2 is 2.14 bits per heavy atom. The maximum atomic E-state index is 11.5. The van der Waals surface area contributed by atoms with Gasteiger partial charge in [-0.15, -0.1) is 0 Å². The van der Waals surface area contributed by atoms with Gasteiger partial charge in [0.25, 0.3) is 0 Å². The van der Waals surface area contributed by atoms with Crippen molar-refractivity contribution in [1.82, 2.24) is 0 Å². The van der Waals surface area contributed by atoms with Gasteiger partial charge in [0.05, 0.1) is 6.61 Å². The van der Waals surface area contributed by atoms with Crippen LogP contribution in [0.2, 0.25) is 0 Å². The molecule has 0 spiro atoms. The molecule has 1 aromatic rings. The lowest BCUT2D eigenvalue weighted by Gasteiger charge is -2.34. The van der Waals surface area contributed by atoms with E-state index in [0.29, 0.717) is 13.2 Å². The van der Waals surface area contributed by atoms with E-state index in [9.17, 15) is 4.79 Å². The predicted octanol–water partition coefficient (Wildman–Crippen LogP) is 2.64. The van der Waals surface area contributed by atoms with Gasteiger partial charge >= 0.3 is 6.16 Å². The monoisotopic (exact) mass is 292 g/mol. The highest BCUT2D eigenvalue weighted by Gasteiger charge is 2.24. The van der Waals surface area contributed by atoms with Crippen molar-refractivity contribution in [2.75, 3.05) is 31.2 Å². The number of ether oxygens (including phenoxy) is 3. The number of anilines is 1. The number of morpholine rings is 1. The molecule has 0 amide bonds. The van der Waals surface area contributed by atoms with Crippen molar-refractivity contribution >= 4 is 11.8 Å². The first kappa shape index (κ1) is 15.6. The molecular formula is C16H22NO4. The van der Waals surface area contributed by atoms with Gasteiger partial charge in [-0.1, -0.05) is 12.1 Å². The minimum Gasteiger partial charge on any atom is -0.431 e. The summed E-state index contributed by atoms with van der Waals surface area (Å²) >= 11 is 0. The summed E-state index contributed by atoms with van der Waals surface area (Å²) in [5.41, 5.74) is 0.580. The van der Waals surface area contributed by atoms with Crippen LogP contribution in [0.5, 0.6) is 0 Å². The third-order valence-corrected chi connectivity index (χ3v) is 2.98. The molecule has 1 saturated heterocycles. The molecule has 1 aliphatic heterocycles. The Bertz CT molecular complexity index is 455. The zero-order valence-corrected chi connectivity index (χ0v) is 12.8. The van der Waals surface area contributed by atoms with E-state index in [0.717, 1.165) is 12.2 Å². The average Bonchev–Trinajstić information content (AvgIpc) is 2.45. The first-order chi connectivity index (χ1) is 9.94. The molecule has 1 heterocycles. The van der Waals surface area contributed by atoms with Crippen molar-refractivity contribution in [3.63, 3.8) is 0 Å². The summed E-state index contributed by atoms with van der Waals surface area (Å²) in [4.78, 5) is 13.7. The van der Waals surface area contributed by atoms with Crippen LogP contribution in [0, 0.1) is 6.07 Å². The van der Waals surface area contributed by atoms with Crippen LogP contribution >= 0.6 is 0 Å². The maximum Gasteiger partial charge on any atom is 0.508 e. The molecule has 1 fully saturated rings. The molecule has 0 saturated carbocycles. The van der Waals surface area contributed by atoms with Crippen molar-refractivity contribution in [2.24, 2.45) is 0 Å². The Morgan fingerprint density at radius 1 is 1.43 bits per heavy atom. The average molecular weight is 292 g/mol. The van der Waals surface area contributed by atoms with E-state index in [1.54, 1.807) is 20.8 Å². The number of benzene rings is 1. The molecule has 0 unspecified atom stereocenters. The van der Waals surface area contributed by atoms with Crippen LogP contribution in [-0.2, 0) is 14.2 Å². The maximum absolute atomic E-state index is 11.5. The molecule has 1 atom stereocenters. The quantitative estimate of drug-likeness (QED) is 0.802. The summed E-state index contributed by atoms with van der Waals surface area (Å²) in [5, 5.41) is 0. The Morgan fingerprint density at radius 3 is 2.81 bits per heavy atom. The van der Waals surface area contributed by atoms with Gasteiger partial charge in [-0.2, -0.15) is 0 Å². The summed E-state index contributed by atoms with van der Waals surface area (Å²) in [6.45, 7) is 7.74. The smallest absolute Gasteiger partial charge is 0.431 e. The van der Waals surface area contributed by atoms with Gasteiger partial charge in [0, 0.05) is 18.8 Å². The molecule has 0 aromatic heterocycles. The fourth-order valence-corrected chi connectivity index (χ4v) is 2.08. The minimum absolute atomic E-state index is 0.143. The van der Waals surface area contributed by atoms with Gasteiger partial charge in [-0.25, -0.2) is 4.79 Å². The van der Waals surface area contributed by atoms with Gasteiger partial charge in [-0.05, 0) is 39.0 Å². The third kappa shape index (κ3) is 5.27. The lowest BCUT2D eigenvalue weighted by molar-refractivity contribution is -0.0447. The molecular weight excluding hydrogens is 270 g/mol. The summed E-state index contributed by atoms with van der Waals surface area (Å²) in [7, 11) is 0. The van der Waals surface area contributed by atoms with Crippen molar-refractivity contribution in [2.45, 2.75) is 32.5 Å². The summed E-state index contributed by atoms with van der Waals surface area (Å²) in [5.74, 6) is 0. The zero-order valence-electron chi connectivity index (χ0n) is 12.8. The van der Waals surface area contributed by atoms with E-state index in [2.05, 4.69) is 11.0 Å². The summed E-state index contributed by atoms with van der Waals surface area (Å²) in [6.07, 6.45) is -0.798. The lowest BCUT2D eigenvalue weighted by atomic mass is 10.2. The van der Waals surface area contributed by atoms with Gasteiger partial charge < -0.3 is 19.1 Å². The van der Waals surface area contributed by atoms with Crippen LogP contribution in [0.1, 0.15) is 20.8 Å². The normalized spacial score (nSPS) is 19.2. The molecule has 0 bridgehead atoms. The van der Waals surface area contributed by atoms with Crippen LogP contribution in [0.4, 0.5) is 10.5 Å². The second-order valence-electron chi connectivity index (χ2n) is 5.97. The molecule has 1 aliphatic rings. The van der Waals surface area contributed by atoms with Crippen LogP contribution in [0.25, 0.3) is 0 Å². The minimum atomic E-state index is -0.655. The third-order valence-electron chi connectivity index (χ3n) is 2.98. The van der Waals surface area contributed by atoms with Gasteiger partial charge in [0.2, 0.25) is 0 Å². The largest absolute Gasteiger partial charge is 0.508 e. The fraction of sp³-hybridized carbons (Fsp3) is 0.562.